The van der Waals surface area contributed by atoms with E-state index in [1.165, 1.54) is 19.3 Å². The number of rotatable bonds is 4. The molecule has 2 nitrogen and oxygen atoms in total. The molecule has 0 aliphatic heterocycles. The lowest BCUT2D eigenvalue weighted by atomic mass is 9.74. The van der Waals surface area contributed by atoms with Gasteiger partial charge in [0.1, 0.15) is 0 Å². The zero-order valence-electron chi connectivity index (χ0n) is 10.0. The van der Waals surface area contributed by atoms with Gasteiger partial charge in [0.2, 0.25) is 0 Å². The van der Waals surface area contributed by atoms with Crippen molar-refractivity contribution in [1.82, 2.24) is 5.32 Å². The Bertz CT molecular complexity index is 150. The molecule has 0 spiro atoms. The average Bonchev–Trinajstić information content (AvgIpc) is 2.12. The van der Waals surface area contributed by atoms with E-state index in [4.69, 9.17) is 4.74 Å². The van der Waals surface area contributed by atoms with Crippen LogP contribution in [0.15, 0.2) is 0 Å². The van der Waals surface area contributed by atoms with Crippen LogP contribution in [0.4, 0.5) is 0 Å². The van der Waals surface area contributed by atoms with Crippen LogP contribution in [0.3, 0.4) is 0 Å². The first kappa shape index (κ1) is 12.0. The molecule has 3 atom stereocenters. The average molecular weight is 199 g/mol. The Balaban J connectivity index is 2.47. The molecule has 1 fully saturated rings. The SMILES string of the molecule is CNC(COC)C1CC(C)CC(C)C1. The van der Waals surface area contributed by atoms with Gasteiger partial charge in [0, 0.05) is 13.2 Å². The summed E-state index contributed by atoms with van der Waals surface area (Å²) in [6, 6.07) is 0.546. The van der Waals surface area contributed by atoms with Gasteiger partial charge in [-0.2, -0.15) is 0 Å². The molecule has 0 saturated heterocycles. The van der Waals surface area contributed by atoms with Crippen molar-refractivity contribution in [1.29, 1.82) is 0 Å². The van der Waals surface area contributed by atoms with E-state index < -0.39 is 0 Å². The largest absolute Gasteiger partial charge is 0.383 e. The summed E-state index contributed by atoms with van der Waals surface area (Å²) in [6.07, 6.45) is 4.12. The third-order valence-electron chi connectivity index (χ3n) is 3.50. The molecule has 1 saturated carbocycles. The number of hydrogen-bond donors (Lipinski definition) is 1. The second kappa shape index (κ2) is 5.72. The summed E-state index contributed by atoms with van der Waals surface area (Å²) in [5.41, 5.74) is 0. The molecular formula is C12H25NO. The molecular weight excluding hydrogens is 174 g/mol. The van der Waals surface area contributed by atoms with Gasteiger partial charge in [0.05, 0.1) is 6.61 Å². The quantitative estimate of drug-likeness (QED) is 0.750. The first-order chi connectivity index (χ1) is 6.67. The Morgan fingerprint density at radius 1 is 1.21 bits per heavy atom. The van der Waals surface area contributed by atoms with Crippen molar-refractivity contribution in [2.45, 2.75) is 39.2 Å². The Morgan fingerprint density at radius 3 is 2.21 bits per heavy atom. The molecule has 84 valence electrons. The Hall–Kier alpha value is -0.0800. The summed E-state index contributed by atoms with van der Waals surface area (Å²) < 4.78 is 5.26. The van der Waals surface area contributed by atoms with Crippen LogP contribution in [0.1, 0.15) is 33.1 Å². The van der Waals surface area contributed by atoms with Gasteiger partial charge in [-0.1, -0.05) is 13.8 Å². The van der Waals surface area contributed by atoms with E-state index in [0.29, 0.717) is 6.04 Å². The summed E-state index contributed by atoms with van der Waals surface area (Å²) in [5, 5.41) is 3.39. The van der Waals surface area contributed by atoms with E-state index in [-0.39, 0.29) is 0 Å². The summed E-state index contributed by atoms with van der Waals surface area (Å²) in [7, 11) is 3.84. The highest BCUT2D eigenvalue weighted by Gasteiger charge is 2.28. The van der Waals surface area contributed by atoms with Gasteiger partial charge in [-0.15, -0.1) is 0 Å². The highest BCUT2D eigenvalue weighted by atomic mass is 16.5. The van der Waals surface area contributed by atoms with Crippen LogP contribution >= 0.6 is 0 Å². The number of likely N-dealkylation sites (N-methyl/N-ethyl adjacent to an activating group) is 1. The molecule has 0 aromatic heterocycles. The van der Waals surface area contributed by atoms with Crippen LogP contribution in [-0.4, -0.2) is 26.8 Å². The summed E-state index contributed by atoms with van der Waals surface area (Å²) >= 11 is 0. The van der Waals surface area contributed by atoms with Crippen LogP contribution < -0.4 is 5.32 Å². The number of nitrogens with one attached hydrogen (secondary N) is 1. The summed E-state index contributed by atoms with van der Waals surface area (Å²) in [4.78, 5) is 0. The summed E-state index contributed by atoms with van der Waals surface area (Å²) in [5.74, 6) is 2.58. The van der Waals surface area contributed by atoms with E-state index in [1.54, 1.807) is 7.11 Å². The molecule has 0 bridgehead atoms. The molecule has 1 aliphatic carbocycles. The predicted molar refractivity (Wildman–Crippen MR) is 60.4 cm³/mol. The smallest absolute Gasteiger partial charge is 0.0618 e. The monoisotopic (exact) mass is 199 g/mol. The zero-order chi connectivity index (χ0) is 10.6. The molecule has 0 amide bonds. The molecule has 0 aromatic rings. The van der Waals surface area contributed by atoms with Crippen LogP contribution in [0.5, 0.6) is 0 Å². The molecule has 1 aliphatic rings. The zero-order valence-corrected chi connectivity index (χ0v) is 10.0. The molecule has 1 rings (SSSR count). The van der Waals surface area contributed by atoms with E-state index in [2.05, 4.69) is 19.2 Å². The van der Waals surface area contributed by atoms with Crippen LogP contribution in [0.25, 0.3) is 0 Å². The Labute approximate surface area is 88.4 Å². The van der Waals surface area contributed by atoms with Gasteiger partial charge in [0.15, 0.2) is 0 Å². The van der Waals surface area contributed by atoms with Gasteiger partial charge in [-0.05, 0) is 44.1 Å². The van der Waals surface area contributed by atoms with E-state index in [0.717, 1.165) is 24.4 Å². The van der Waals surface area contributed by atoms with Gasteiger partial charge < -0.3 is 10.1 Å². The normalized spacial score (nSPS) is 35.6. The fourth-order valence-corrected chi connectivity index (χ4v) is 2.97. The van der Waals surface area contributed by atoms with Crippen molar-refractivity contribution < 1.29 is 4.74 Å². The third kappa shape index (κ3) is 3.25. The molecule has 0 heterocycles. The van der Waals surface area contributed by atoms with Gasteiger partial charge in [0.25, 0.3) is 0 Å². The lowest BCUT2D eigenvalue weighted by molar-refractivity contribution is 0.105. The molecule has 2 heteroatoms. The van der Waals surface area contributed by atoms with Crippen LogP contribution in [-0.2, 0) is 4.74 Å². The minimum Gasteiger partial charge on any atom is -0.383 e. The summed E-state index contributed by atoms with van der Waals surface area (Å²) in [6.45, 7) is 5.60. The standard InChI is InChI=1S/C12H25NO/c1-9-5-10(2)7-11(6-9)12(13-3)8-14-4/h9-13H,5-8H2,1-4H3. The second-order valence-electron chi connectivity index (χ2n) is 5.03. The number of methoxy groups -OCH3 is 1. The van der Waals surface area contributed by atoms with Crippen LogP contribution in [0.2, 0.25) is 0 Å². The minimum absolute atomic E-state index is 0.546. The highest BCUT2D eigenvalue weighted by molar-refractivity contribution is 4.82. The van der Waals surface area contributed by atoms with Gasteiger partial charge in [-0.3, -0.25) is 0 Å². The van der Waals surface area contributed by atoms with E-state index in [9.17, 15) is 0 Å². The minimum atomic E-state index is 0.546. The van der Waals surface area contributed by atoms with E-state index >= 15 is 0 Å². The van der Waals surface area contributed by atoms with Crippen molar-refractivity contribution in [3.8, 4) is 0 Å². The fourth-order valence-electron chi connectivity index (χ4n) is 2.97. The third-order valence-corrected chi connectivity index (χ3v) is 3.50. The van der Waals surface area contributed by atoms with Gasteiger partial charge >= 0.3 is 0 Å². The van der Waals surface area contributed by atoms with Crippen molar-refractivity contribution in [2.75, 3.05) is 20.8 Å². The molecule has 14 heavy (non-hydrogen) atoms. The maximum Gasteiger partial charge on any atom is 0.0618 e. The first-order valence-electron chi connectivity index (χ1n) is 5.83. The molecule has 1 N–H and O–H groups in total. The Kier molecular flexibility index (Phi) is 4.90. The topological polar surface area (TPSA) is 21.3 Å². The highest BCUT2D eigenvalue weighted by Crippen LogP contribution is 2.34. The van der Waals surface area contributed by atoms with E-state index in [1.807, 2.05) is 7.05 Å². The molecule has 3 unspecified atom stereocenters. The Morgan fingerprint density at radius 2 is 1.79 bits per heavy atom. The second-order valence-corrected chi connectivity index (χ2v) is 5.03. The van der Waals surface area contributed by atoms with Crippen molar-refractivity contribution >= 4 is 0 Å². The predicted octanol–water partition coefficient (Wildman–Crippen LogP) is 2.29. The van der Waals surface area contributed by atoms with Crippen molar-refractivity contribution in [3.05, 3.63) is 0 Å². The maximum absolute atomic E-state index is 5.26. The first-order valence-corrected chi connectivity index (χ1v) is 5.83. The van der Waals surface area contributed by atoms with Crippen LogP contribution in [0, 0.1) is 17.8 Å². The van der Waals surface area contributed by atoms with Crippen molar-refractivity contribution in [3.63, 3.8) is 0 Å². The lowest BCUT2D eigenvalue weighted by Crippen LogP contribution is -2.40. The number of hydrogen-bond acceptors (Lipinski definition) is 2. The fraction of sp³-hybridized carbons (Fsp3) is 1.00. The number of ether oxygens (including phenoxy) is 1. The van der Waals surface area contributed by atoms with Crippen molar-refractivity contribution in [2.24, 2.45) is 17.8 Å². The maximum atomic E-state index is 5.26. The molecule has 0 radical (unpaired) electrons. The van der Waals surface area contributed by atoms with Gasteiger partial charge in [-0.25, -0.2) is 0 Å². The lowest BCUT2D eigenvalue weighted by Gasteiger charge is -2.36. The molecule has 0 aromatic carbocycles.